The van der Waals surface area contributed by atoms with Gasteiger partial charge in [0.1, 0.15) is 18.4 Å². The molecule has 4 nitrogen and oxygen atoms in total. The first kappa shape index (κ1) is 18.2. The number of amides is 1. The first-order valence-electron chi connectivity index (χ1n) is 6.39. The number of ether oxygens (including phenoxy) is 1. The molecule has 1 unspecified atom stereocenters. The molecule has 0 saturated heterocycles. The predicted octanol–water partition coefficient (Wildman–Crippen LogP) is 4.06. The van der Waals surface area contributed by atoms with Crippen LogP contribution in [-0.2, 0) is 10.9 Å². The summed E-state index contributed by atoms with van der Waals surface area (Å²) < 4.78 is 55.6. The average molecular weight is 323 g/mol. The molecule has 0 bridgehead atoms. The number of hydrogen-bond donors (Lipinski definition) is 2. The fraction of sp³-hybridized carbons (Fsp3) is 0.500. The maximum absolute atomic E-state index is 12.7. The summed E-state index contributed by atoms with van der Waals surface area (Å²) in [4.78, 5) is 11.7. The maximum atomic E-state index is 12.7. The first-order valence-corrected chi connectivity index (χ1v) is 6.39. The molecule has 0 aliphatic heterocycles. The lowest BCUT2D eigenvalue weighted by atomic mass is 10.0. The molecular formula is C14H17F4NO3. The zero-order valence-corrected chi connectivity index (χ0v) is 12.3. The minimum absolute atomic E-state index is 0.165. The number of anilines is 1. The van der Waals surface area contributed by atoms with E-state index in [1.54, 1.807) is 20.8 Å². The van der Waals surface area contributed by atoms with E-state index in [1.165, 1.54) is 0 Å². The van der Waals surface area contributed by atoms with Gasteiger partial charge in [-0.2, -0.15) is 13.2 Å². The number of hydrogen-bond acceptors (Lipinski definition) is 3. The molecule has 1 aromatic rings. The molecule has 2 N–H and O–H groups in total. The van der Waals surface area contributed by atoms with E-state index in [4.69, 9.17) is 4.74 Å². The molecule has 0 heterocycles. The van der Waals surface area contributed by atoms with Gasteiger partial charge in [-0.15, -0.1) is 0 Å². The van der Waals surface area contributed by atoms with Gasteiger partial charge in [0, 0.05) is 5.56 Å². The number of nitrogens with one attached hydrogen (secondary N) is 1. The molecule has 0 aromatic heterocycles. The van der Waals surface area contributed by atoms with Crippen molar-refractivity contribution < 1.29 is 32.2 Å². The van der Waals surface area contributed by atoms with Crippen LogP contribution in [0.1, 0.15) is 38.0 Å². The molecule has 1 atom stereocenters. The standard InChI is InChI=1S/C14H17F4NO3/c1-13(2,3)22-12(21)19-10-6-8(14(16,17)18)4-5-9(10)11(20)7-15/h4-6,11,20H,7H2,1-3H3,(H,19,21). The van der Waals surface area contributed by atoms with Gasteiger partial charge < -0.3 is 9.84 Å². The number of alkyl halides is 4. The summed E-state index contributed by atoms with van der Waals surface area (Å²) in [6, 6.07) is 2.24. The third kappa shape index (κ3) is 5.18. The third-order valence-electron chi connectivity index (χ3n) is 2.52. The molecule has 1 aromatic carbocycles. The van der Waals surface area contributed by atoms with Crippen molar-refractivity contribution in [3.05, 3.63) is 29.3 Å². The van der Waals surface area contributed by atoms with Crippen LogP contribution in [0, 0.1) is 0 Å². The maximum Gasteiger partial charge on any atom is 0.416 e. The Bertz CT molecular complexity index is 538. The number of carbonyl (C=O) groups excluding carboxylic acids is 1. The smallest absolute Gasteiger partial charge is 0.416 e. The highest BCUT2D eigenvalue weighted by molar-refractivity contribution is 5.86. The summed E-state index contributed by atoms with van der Waals surface area (Å²) in [5, 5.41) is 11.6. The Morgan fingerprint density at radius 2 is 1.91 bits per heavy atom. The summed E-state index contributed by atoms with van der Waals surface area (Å²) in [6.45, 7) is 3.54. The lowest BCUT2D eigenvalue weighted by molar-refractivity contribution is -0.137. The van der Waals surface area contributed by atoms with Gasteiger partial charge in [-0.3, -0.25) is 5.32 Å². The van der Waals surface area contributed by atoms with E-state index in [1.807, 2.05) is 0 Å². The number of carbonyl (C=O) groups is 1. The van der Waals surface area contributed by atoms with Gasteiger partial charge in [-0.25, -0.2) is 9.18 Å². The number of rotatable bonds is 3. The fourth-order valence-electron chi connectivity index (χ4n) is 1.63. The molecule has 0 radical (unpaired) electrons. The van der Waals surface area contributed by atoms with Crippen molar-refractivity contribution >= 4 is 11.8 Å². The van der Waals surface area contributed by atoms with Crippen LogP contribution in [0.25, 0.3) is 0 Å². The van der Waals surface area contributed by atoms with Crippen molar-refractivity contribution in [3.63, 3.8) is 0 Å². The molecule has 0 aliphatic rings. The van der Waals surface area contributed by atoms with Gasteiger partial charge in [-0.1, -0.05) is 6.07 Å². The Hall–Kier alpha value is -1.83. The van der Waals surface area contributed by atoms with E-state index in [0.29, 0.717) is 12.1 Å². The van der Waals surface area contributed by atoms with Crippen molar-refractivity contribution in [1.82, 2.24) is 0 Å². The van der Waals surface area contributed by atoms with Crippen molar-refractivity contribution in [2.45, 2.75) is 38.7 Å². The summed E-state index contributed by atoms with van der Waals surface area (Å²) in [5.41, 5.74) is -2.41. The third-order valence-corrected chi connectivity index (χ3v) is 2.52. The molecule has 124 valence electrons. The van der Waals surface area contributed by atoms with E-state index in [0.717, 1.165) is 6.07 Å². The van der Waals surface area contributed by atoms with Crippen molar-refractivity contribution in [3.8, 4) is 0 Å². The summed E-state index contributed by atoms with van der Waals surface area (Å²) in [6.07, 6.45) is -7.28. The normalized spacial score (nSPS) is 13.6. The molecule has 8 heteroatoms. The van der Waals surface area contributed by atoms with Gasteiger partial charge in [0.25, 0.3) is 0 Å². The highest BCUT2D eigenvalue weighted by Gasteiger charge is 2.32. The molecule has 0 saturated carbocycles. The van der Waals surface area contributed by atoms with Crippen molar-refractivity contribution in [1.29, 1.82) is 0 Å². The molecule has 1 amide bonds. The zero-order chi connectivity index (χ0) is 17.1. The van der Waals surface area contributed by atoms with Crippen molar-refractivity contribution in [2.24, 2.45) is 0 Å². The Kier molecular flexibility index (Phi) is 5.39. The number of aliphatic hydroxyl groups is 1. The average Bonchev–Trinajstić information content (AvgIpc) is 2.34. The fourth-order valence-corrected chi connectivity index (χ4v) is 1.63. The van der Waals surface area contributed by atoms with E-state index in [9.17, 15) is 27.5 Å². The predicted molar refractivity (Wildman–Crippen MR) is 72.2 cm³/mol. The van der Waals surface area contributed by atoms with Crippen LogP contribution in [0.15, 0.2) is 18.2 Å². The van der Waals surface area contributed by atoms with Gasteiger partial charge in [-0.05, 0) is 32.9 Å². The molecule has 0 fully saturated rings. The second kappa shape index (κ2) is 6.51. The molecule has 0 aliphatic carbocycles. The molecule has 22 heavy (non-hydrogen) atoms. The minimum Gasteiger partial charge on any atom is -0.444 e. The minimum atomic E-state index is -4.64. The van der Waals surface area contributed by atoms with Gasteiger partial charge in [0.05, 0.1) is 11.3 Å². The van der Waals surface area contributed by atoms with E-state index in [-0.39, 0.29) is 11.3 Å². The second-order valence-corrected chi connectivity index (χ2v) is 5.60. The topological polar surface area (TPSA) is 58.6 Å². The second-order valence-electron chi connectivity index (χ2n) is 5.60. The van der Waals surface area contributed by atoms with E-state index in [2.05, 4.69) is 5.32 Å². The van der Waals surface area contributed by atoms with Crippen LogP contribution < -0.4 is 5.32 Å². The highest BCUT2D eigenvalue weighted by Crippen LogP contribution is 2.34. The lowest BCUT2D eigenvalue weighted by Gasteiger charge is -2.21. The van der Waals surface area contributed by atoms with Crippen LogP contribution in [0.3, 0.4) is 0 Å². The monoisotopic (exact) mass is 323 g/mol. The van der Waals surface area contributed by atoms with E-state index >= 15 is 0 Å². The zero-order valence-electron chi connectivity index (χ0n) is 12.3. The van der Waals surface area contributed by atoms with Crippen LogP contribution >= 0.6 is 0 Å². The van der Waals surface area contributed by atoms with Gasteiger partial charge in [0.2, 0.25) is 0 Å². The largest absolute Gasteiger partial charge is 0.444 e. The Balaban J connectivity index is 3.14. The molecule has 1 rings (SSSR count). The Labute approximate surface area is 125 Å². The summed E-state index contributed by atoms with van der Waals surface area (Å²) in [7, 11) is 0. The number of benzene rings is 1. The van der Waals surface area contributed by atoms with Crippen LogP contribution in [0.2, 0.25) is 0 Å². The number of halogens is 4. The lowest BCUT2D eigenvalue weighted by Crippen LogP contribution is -2.28. The Morgan fingerprint density at radius 1 is 1.32 bits per heavy atom. The van der Waals surface area contributed by atoms with Crippen LogP contribution in [0.4, 0.5) is 28.0 Å². The molecular weight excluding hydrogens is 306 g/mol. The quantitative estimate of drug-likeness (QED) is 0.825. The summed E-state index contributed by atoms with van der Waals surface area (Å²) >= 11 is 0. The van der Waals surface area contributed by atoms with Gasteiger partial charge in [0.15, 0.2) is 0 Å². The van der Waals surface area contributed by atoms with Crippen LogP contribution in [0.5, 0.6) is 0 Å². The SMILES string of the molecule is CC(C)(C)OC(=O)Nc1cc(C(F)(F)F)ccc1C(O)CF. The Morgan fingerprint density at radius 3 is 2.36 bits per heavy atom. The molecule has 0 spiro atoms. The van der Waals surface area contributed by atoms with E-state index < -0.39 is 36.2 Å². The first-order chi connectivity index (χ1) is 9.94. The van der Waals surface area contributed by atoms with Gasteiger partial charge >= 0.3 is 12.3 Å². The highest BCUT2D eigenvalue weighted by atomic mass is 19.4. The summed E-state index contributed by atoms with van der Waals surface area (Å²) in [5.74, 6) is 0. The van der Waals surface area contributed by atoms with Crippen LogP contribution in [-0.4, -0.2) is 23.5 Å². The van der Waals surface area contributed by atoms with Crippen molar-refractivity contribution in [2.75, 3.05) is 12.0 Å². The number of aliphatic hydroxyl groups excluding tert-OH is 1.